The number of aliphatic imine (C=N–C) groups is 2. The largest absolute Gasteiger partial charge is 0.349 e. The third-order valence-corrected chi connectivity index (χ3v) is 7.53. The molecule has 8 rings (SSSR count). The van der Waals surface area contributed by atoms with Crippen LogP contribution in [-0.2, 0) is 0 Å². The zero-order chi connectivity index (χ0) is 36.0. The standard InChI is InChI=1S/C6H7N.2C5H7N.2C4H6N2.3C4H5NS/c1-6-2-4-7-5-3-6;1-5-2-3-6-4-5;1-5-3-2-4-6-5;1-4-5-2-3-6-4;1-4-2-3-5-6-4;1-4-2-6-3-5-4;1-4-2-5-3-6-4;1-4-5-2-3-6-4/h2-5H,1H3;2,4H,3H2,1H3;3-4H,2H2,1H3;2*2-3H,1H3,(H,5,6);3*2-3H,1H3. The van der Waals surface area contributed by atoms with Gasteiger partial charge in [-0.3, -0.25) is 35.0 Å². The Balaban J connectivity index is 0.000000280. The fourth-order valence-corrected chi connectivity index (χ4v) is 4.26. The first-order chi connectivity index (χ1) is 23.7. The fourth-order valence-electron chi connectivity index (χ4n) is 2.86. The summed E-state index contributed by atoms with van der Waals surface area (Å²) in [6.07, 6.45) is 21.5. The highest BCUT2D eigenvalue weighted by Gasteiger charge is 1.86. The minimum Gasteiger partial charge on any atom is -0.349 e. The molecule has 0 aliphatic carbocycles. The SMILES string of the molecule is CC1=CCC=N1.CC1=CCN=C1.Cc1ccn[nH]1.Cc1ccncc1.Cc1cncs1.Cc1cscn1.Cc1ncc[nH]1.Cc1nccs1. The van der Waals surface area contributed by atoms with Gasteiger partial charge in [0, 0.05) is 95.0 Å². The van der Waals surface area contributed by atoms with E-state index in [1.807, 2.05) is 107 Å². The number of hydrogen-bond donors (Lipinski definition) is 2. The van der Waals surface area contributed by atoms with E-state index in [1.54, 1.807) is 71.2 Å². The van der Waals surface area contributed by atoms with Crippen molar-refractivity contribution in [1.29, 1.82) is 0 Å². The van der Waals surface area contributed by atoms with Gasteiger partial charge in [-0.15, -0.1) is 34.0 Å². The number of nitrogens with zero attached hydrogens (tertiary/aromatic N) is 8. The molecule has 2 aliphatic rings. The number of aromatic nitrogens is 8. The van der Waals surface area contributed by atoms with Crippen molar-refractivity contribution < 1.29 is 0 Å². The topological polar surface area (TPSA) is 134 Å². The monoisotopic (exact) mass is 716 g/mol. The quantitative estimate of drug-likeness (QED) is 0.161. The molecule has 0 spiro atoms. The summed E-state index contributed by atoms with van der Waals surface area (Å²) in [5.74, 6) is 0.968. The van der Waals surface area contributed by atoms with Gasteiger partial charge < -0.3 is 4.98 Å². The van der Waals surface area contributed by atoms with Gasteiger partial charge in [0.1, 0.15) is 5.82 Å². The van der Waals surface area contributed by atoms with Crippen molar-refractivity contribution in [2.75, 3.05) is 6.54 Å². The van der Waals surface area contributed by atoms with Gasteiger partial charge in [-0.25, -0.2) is 4.98 Å². The molecular weight excluding hydrogens is 669 g/mol. The number of allylic oxidation sites excluding steroid dienone is 3. The second kappa shape index (κ2) is 28.3. The first-order valence-corrected chi connectivity index (χ1v) is 18.1. The van der Waals surface area contributed by atoms with Crippen LogP contribution < -0.4 is 0 Å². The summed E-state index contributed by atoms with van der Waals surface area (Å²) < 4.78 is 0. The van der Waals surface area contributed by atoms with Crippen LogP contribution in [0.5, 0.6) is 0 Å². The summed E-state index contributed by atoms with van der Waals surface area (Å²) in [5.41, 5.74) is 9.57. The minimum absolute atomic E-state index is 0.895. The molecule has 2 aliphatic heterocycles. The molecule has 260 valence electrons. The van der Waals surface area contributed by atoms with Gasteiger partial charge in [0.15, 0.2) is 0 Å². The van der Waals surface area contributed by atoms with Crippen LogP contribution in [0, 0.1) is 41.5 Å². The number of H-pyrrole nitrogens is 2. The van der Waals surface area contributed by atoms with E-state index in [4.69, 9.17) is 0 Å². The molecule has 13 heteroatoms. The molecule has 2 N–H and O–H groups in total. The lowest BCUT2D eigenvalue weighted by Crippen LogP contribution is -1.68. The summed E-state index contributed by atoms with van der Waals surface area (Å²) in [7, 11) is 0. The molecule has 6 aromatic rings. The highest BCUT2D eigenvalue weighted by atomic mass is 32.1. The molecule has 0 fully saturated rings. The van der Waals surface area contributed by atoms with Crippen molar-refractivity contribution in [3.63, 3.8) is 0 Å². The van der Waals surface area contributed by atoms with Crippen LogP contribution in [0.1, 0.15) is 52.9 Å². The molecule has 0 unspecified atom stereocenters. The zero-order valence-corrected chi connectivity index (χ0v) is 32.1. The normalized spacial score (nSPS) is 11.2. The van der Waals surface area contributed by atoms with Crippen LogP contribution in [0.25, 0.3) is 0 Å². The number of aromatic amines is 2. The molecule has 0 radical (unpaired) electrons. The third kappa shape index (κ3) is 27.0. The number of imidazole rings is 1. The Morgan fingerprint density at radius 1 is 0.755 bits per heavy atom. The molecule has 0 saturated carbocycles. The maximum Gasteiger partial charge on any atom is 0.102 e. The number of pyridine rings is 1. The number of nitrogens with one attached hydrogen (secondary N) is 2. The summed E-state index contributed by atoms with van der Waals surface area (Å²) in [5, 5.41) is 11.6. The predicted octanol–water partition coefficient (Wildman–Crippen LogP) is 9.56. The minimum atomic E-state index is 0.895. The third-order valence-electron chi connectivity index (χ3n) is 5.42. The molecule has 0 aromatic carbocycles. The average Bonchev–Trinajstić information content (AvgIpc) is 3.92. The van der Waals surface area contributed by atoms with Crippen molar-refractivity contribution in [1.82, 2.24) is 40.1 Å². The number of thiazole rings is 3. The lowest BCUT2D eigenvalue weighted by Gasteiger charge is -1.82. The van der Waals surface area contributed by atoms with E-state index >= 15 is 0 Å². The van der Waals surface area contributed by atoms with Crippen molar-refractivity contribution in [3.05, 3.63) is 139 Å². The van der Waals surface area contributed by atoms with Gasteiger partial charge in [0.2, 0.25) is 0 Å². The number of hydrogen-bond acceptors (Lipinski definition) is 11. The first kappa shape index (κ1) is 42.3. The summed E-state index contributed by atoms with van der Waals surface area (Å²) in [6.45, 7) is 16.9. The van der Waals surface area contributed by atoms with Gasteiger partial charge in [-0.05, 0) is 84.7 Å². The second-order valence-electron chi connectivity index (χ2n) is 10.1. The van der Waals surface area contributed by atoms with E-state index in [2.05, 4.69) is 69.2 Å². The van der Waals surface area contributed by atoms with Gasteiger partial charge in [-0.2, -0.15) is 5.10 Å². The van der Waals surface area contributed by atoms with Gasteiger partial charge >= 0.3 is 0 Å². The van der Waals surface area contributed by atoms with Crippen LogP contribution in [0.15, 0.2) is 117 Å². The van der Waals surface area contributed by atoms with Crippen molar-refractivity contribution in [3.8, 4) is 0 Å². The lowest BCUT2D eigenvalue weighted by atomic mass is 10.3. The lowest BCUT2D eigenvalue weighted by molar-refractivity contribution is 1.05. The second-order valence-corrected chi connectivity index (χ2v) is 13.0. The Morgan fingerprint density at radius 3 is 1.73 bits per heavy atom. The van der Waals surface area contributed by atoms with Gasteiger partial charge in [-0.1, -0.05) is 12.2 Å². The van der Waals surface area contributed by atoms with Crippen molar-refractivity contribution in [2.24, 2.45) is 9.98 Å². The number of rotatable bonds is 0. The van der Waals surface area contributed by atoms with Crippen LogP contribution in [-0.4, -0.2) is 59.1 Å². The van der Waals surface area contributed by atoms with E-state index in [0.717, 1.165) is 40.9 Å². The summed E-state index contributed by atoms with van der Waals surface area (Å²) in [4.78, 5) is 31.5. The highest BCUT2D eigenvalue weighted by Crippen LogP contribution is 2.01. The van der Waals surface area contributed by atoms with E-state index in [-0.39, 0.29) is 0 Å². The van der Waals surface area contributed by atoms with Crippen LogP contribution in [0.2, 0.25) is 0 Å². The maximum absolute atomic E-state index is 3.97. The number of aryl methyl sites for hydroxylation is 6. The van der Waals surface area contributed by atoms with Crippen molar-refractivity contribution in [2.45, 2.75) is 61.8 Å². The van der Waals surface area contributed by atoms with E-state index < -0.39 is 0 Å². The Morgan fingerprint density at radius 2 is 1.55 bits per heavy atom. The first-order valence-electron chi connectivity index (χ1n) is 15.4. The van der Waals surface area contributed by atoms with E-state index in [9.17, 15) is 0 Å². The summed E-state index contributed by atoms with van der Waals surface area (Å²) >= 11 is 4.96. The zero-order valence-electron chi connectivity index (χ0n) is 29.6. The molecule has 0 bridgehead atoms. The highest BCUT2D eigenvalue weighted by molar-refractivity contribution is 7.09. The Bertz CT molecular complexity index is 1430. The maximum atomic E-state index is 3.97. The Kier molecular flexibility index (Phi) is 24.4. The summed E-state index contributed by atoms with van der Waals surface area (Å²) in [6, 6.07) is 5.86. The molecule has 10 nitrogen and oxygen atoms in total. The predicted molar refractivity (Wildman–Crippen MR) is 210 cm³/mol. The molecular formula is C36H48N10S3. The fraction of sp³-hybridized carbons (Fsp3) is 0.278. The molecule has 0 amide bonds. The van der Waals surface area contributed by atoms with Crippen LogP contribution >= 0.6 is 34.0 Å². The molecule has 0 saturated heterocycles. The Labute approximate surface area is 303 Å². The van der Waals surface area contributed by atoms with Gasteiger partial charge in [0.25, 0.3) is 0 Å². The van der Waals surface area contributed by atoms with Gasteiger partial charge in [0.05, 0.1) is 22.6 Å². The molecule has 6 aromatic heterocycles. The van der Waals surface area contributed by atoms with Crippen LogP contribution in [0.3, 0.4) is 0 Å². The Hall–Kier alpha value is -4.72. The van der Waals surface area contributed by atoms with E-state index in [0.29, 0.717) is 0 Å². The van der Waals surface area contributed by atoms with E-state index in [1.165, 1.54) is 16.0 Å². The molecule has 8 heterocycles. The molecule has 0 atom stereocenters. The van der Waals surface area contributed by atoms with Crippen LogP contribution in [0.4, 0.5) is 0 Å². The smallest absolute Gasteiger partial charge is 0.102 e. The molecule has 49 heavy (non-hydrogen) atoms. The average molecular weight is 717 g/mol. The van der Waals surface area contributed by atoms with Crippen molar-refractivity contribution >= 4 is 46.4 Å².